The molecule has 0 aliphatic carbocycles. The Labute approximate surface area is 526 Å². The quantitative estimate of drug-likeness (QED) is 0.0318. The largest absolute Gasteiger partial charge is 0.392 e. The first-order valence-electron chi connectivity index (χ1n) is 36.0. The number of aliphatic hydroxyl groups excluding tert-OH is 4. The van der Waals surface area contributed by atoms with Crippen LogP contribution in [0.2, 0.25) is 0 Å². The van der Waals surface area contributed by atoms with E-state index in [1.165, 1.54) is 229 Å². The van der Waals surface area contributed by atoms with Crippen molar-refractivity contribution in [2.45, 2.75) is 372 Å². The lowest BCUT2D eigenvalue weighted by Gasteiger charge is -2.29. The van der Waals surface area contributed by atoms with Crippen molar-refractivity contribution in [3.8, 4) is 0 Å². The highest BCUT2D eigenvalue weighted by atomic mass is 32.2. The molecule has 6 unspecified atom stereocenters. The van der Waals surface area contributed by atoms with Crippen molar-refractivity contribution in [3.05, 3.63) is 0 Å². The van der Waals surface area contributed by atoms with Gasteiger partial charge in [-0.25, -0.2) is 0 Å². The summed E-state index contributed by atoms with van der Waals surface area (Å²) in [6, 6.07) is -1.65. The second kappa shape index (κ2) is 59.4. The van der Waals surface area contributed by atoms with Crippen LogP contribution < -0.4 is 10.6 Å². The molecule has 0 saturated carbocycles. The Kier molecular flexibility index (Phi) is 57.1. The van der Waals surface area contributed by atoms with Gasteiger partial charge in [0.1, 0.15) is 12.1 Å². The van der Waals surface area contributed by atoms with Crippen LogP contribution >= 0.6 is 23.5 Å². The predicted octanol–water partition coefficient (Wildman–Crippen LogP) is 16.3. The number of aliphatic hydroxyl groups is 4. The number of rotatable bonds is 64. The fourth-order valence-electron chi connectivity index (χ4n) is 11.9. The summed E-state index contributed by atoms with van der Waals surface area (Å²) in [6.45, 7) is 12.0. The average Bonchev–Trinajstić information content (AvgIpc) is 3.59. The van der Waals surface area contributed by atoms with Crippen LogP contribution in [0.15, 0.2) is 0 Å². The number of amides is 2. The SMILES string of the molecule is CCCCCCCCCCCCC(O)CN(CCSC(=O)CCC1NC(=O)C(CCC(=O)SCCN(CC(O)CCCCCCCCCCCC)CC(O)CCCCCCCCCCCC)NC1=O)CC(O)CCCCCCCCCCCC. The number of nitrogens with zero attached hydrogens (tertiary/aromatic N) is 2. The first-order chi connectivity index (χ1) is 40.9. The summed E-state index contributed by atoms with van der Waals surface area (Å²) in [5.41, 5.74) is 0. The van der Waals surface area contributed by atoms with Gasteiger partial charge in [-0.05, 0) is 38.5 Å². The number of hydrogen-bond donors (Lipinski definition) is 6. The maximum absolute atomic E-state index is 13.2. The standard InChI is InChI=1S/C70H136N4O8S2/c1-5-9-13-17-21-25-29-33-37-41-45-61(75)57-73(58-62(76)46-42-38-34-30-26-22-18-14-10-6-2)53-55-83-67(79)51-49-65-69(81)72-66(70(82)71-65)50-52-68(80)84-56-54-74(59-63(77)47-43-39-35-31-27-23-19-15-11-7-3)60-64(78)48-44-40-36-32-28-24-20-16-12-8-4/h61-66,75-78H,5-60H2,1-4H3,(H,71,82)(H,72,81). The predicted molar refractivity (Wildman–Crippen MR) is 360 cm³/mol. The van der Waals surface area contributed by atoms with Gasteiger partial charge < -0.3 is 31.1 Å². The summed E-state index contributed by atoms with van der Waals surface area (Å²) in [6.07, 6.45) is 51.4. The minimum Gasteiger partial charge on any atom is -0.392 e. The van der Waals surface area contributed by atoms with E-state index < -0.39 is 36.5 Å². The highest BCUT2D eigenvalue weighted by molar-refractivity contribution is 8.13. The Balaban J connectivity index is 2.59. The first kappa shape index (κ1) is 80.8. The topological polar surface area (TPSA) is 180 Å². The molecular weight excluding hydrogens is 1090 g/mol. The molecule has 1 saturated heterocycles. The van der Waals surface area contributed by atoms with E-state index in [1.54, 1.807) is 0 Å². The van der Waals surface area contributed by atoms with Crippen LogP contribution in [0.4, 0.5) is 0 Å². The van der Waals surface area contributed by atoms with Crippen LogP contribution in [0.3, 0.4) is 0 Å². The number of thioether (sulfide) groups is 2. The van der Waals surface area contributed by atoms with Crippen molar-refractivity contribution < 1.29 is 39.6 Å². The number of carbonyl (C=O) groups is 4. The summed E-state index contributed by atoms with van der Waals surface area (Å²) < 4.78 is 0. The maximum Gasteiger partial charge on any atom is 0.243 e. The molecule has 1 aliphatic heterocycles. The third-order valence-corrected chi connectivity index (χ3v) is 19.1. The second-order valence-electron chi connectivity index (χ2n) is 25.7. The zero-order valence-electron chi connectivity index (χ0n) is 55.2. The van der Waals surface area contributed by atoms with Gasteiger partial charge in [0.15, 0.2) is 10.2 Å². The number of hydrogen-bond acceptors (Lipinski definition) is 12. The molecule has 0 aromatic heterocycles. The van der Waals surface area contributed by atoms with Gasteiger partial charge in [0.05, 0.1) is 24.4 Å². The Morgan fingerprint density at radius 2 is 0.560 bits per heavy atom. The lowest BCUT2D eigenvalue weighted by Crippen LogP contribution is -2.61. The third kappa shape index (κ3) is 50.6. The lowest BCUT2D eigenvalue weighted by molar-refractivity contribution is -0.137. The number of unbranched alkanes of at least 4 members (excludes halogenated alkanes) is 36. The van der Waals surface area contributed by atoms with Crippen LogP contribution in [0.1, 0.15) is 336 Å². The lowest BCUT2D eigenvalue weighted by atomic mass is 10.0. The molecule has 0 spiro atoms. The number of piperazine rings is 1. The first-order valence-corrected chi connectivity index (χ1v) is 38.0. The Bertz CT molecular complexity index is 1340. The van der Waals surface area contributed by atoms with E-state index in [4.69, 9.17) is 0 Å². The van der Waals surface area contributed by atoms with Gasteiger partial charge in [-0.2, -0.15) is 0 Å². The normalized spacial score (nSPS) is 16.1. The maximum atomic E-state index is 13.2. The molecule has 84 heavy (non-hydrogen) atoms. The van der Waals surface area contributed by atoms with E-state index in [0.29, 0.717) is 50.8 Å². The molecule has 1 fully saturated rings. The van der Waals surface area contributed by atoms with E-state index >= 15 is 0 Å². The monoisotopic (exact) mass is 1220 g/mol. The summed E-state index contributed by atoms with van der Waals surface area (Å²) in [5, 5.41) is 49.9. The van der Waals surface area contributed by atoms with Crippen molar-refractivity contribution in [1.82, 2.24) is 20.4 Å². The van der Waals surface area contributed by atoms with E-state index in [9.17, 15) is 39.6 Å². The van der Waals surface area contributed by atoms with Gasteiger partial charge >= 0.3 is 0 Å². The van der Waals surface area contributed by atoms with Crippen molar-refractivity contribution >= 4 is 45.6 Å². The van der Waals surface area contributed by atoms with E-state index in [2.05, 4.69) is 48.1 Å². The third-order valence-electron chi connectivity index (χ3n) is 17.3. The Morgan fingerprint density at radius 1 is 0.357 bits per heavy atom. The van der Waals surface area contributed by atoms with Gasteiger partial charge in [0.25, 0.3) is 0 Å². The fraction of sp³-hybridized carbons (Fsp3) is 0.943. The van der Waals surface area contributed by atoms with Crippen LogP contribution in [-0.4, -0.2) is 140 Å². The van der Waals surface area contributed by atoms with Crippen molar-refractivity contribution in [3.63, 3.8) is 0 Å². The Morgan fingerprint density at radius 3 is 0.774 bits per heavy atom. The molecule has 0 aromatic rings. The summed E-state index contributed by atoms with van der Waals surface area (Å²) in [7, 11) is 0. The van der Waals surface area contributed by atoms with Gasteiger partial charge in [-0.3, -0.25) is 29.0 Å². The van der Waals surface area contributed by atoms with E-state index in [1.807, 2.05) is 0 Å². The summed E-state index contributed by atoms with van der Waals surface area (Å²) in [5.74, 6) is 0.319. The molecule has 14 heteroatoms. The van der Waals surface area contributed by atoms with E-state index in [-0.39, 0.29) is 47.7 Å². The van der Waals surface area contributed by atoms with Gasteiger partial charge in [-0.1, -0.05) is 308 Å². The summed E-state index contributed by atoms with van der Waals surface area (Å²) in [4.78, 5) is 57.0. The molecule has 0 radical (unpaired) electrons. The zero-order chi connectivity index (χ0) is 61.4. The molecule has 12 nitrogen and oxygen atoms in total. The van der Waals surface area contributed by atoms with Gasteiger partial charge in [0.2, 0.25) is 11.8 Å². The van der Waals surface area contributed by atoms with E-state index in [0.717, 1.165) is 77.0 Å². The highest BCUT2D eigenvalue weighted by Crippen LogP contribution is 2.20. The zero-order valence-corrected chi connectivity index (χ0v) is 56.8. The van der Waals surface area contributed by atoms with Gasteiger partial charge in [0, 0.05) is 63.6 Å². The molecule has 1 rings (SSSR count). The van der Waals surface area contributed by atoms with Crippen molar-refractivity contribution in [2.75, 3.05) is 50.8 Å². The number of nitrogens with one attached hydrogen (secondary N) is 2. The van der Waals surface area contributed by atoms with Crippen LogP contribution in [0.5, 0.6) is 0 Å². The van der Waals surface area contributed by atoms with Crippen LogP contribution in [0.25, 0.3) is 0 Å². The van der Waals surface area contributed by atoms with Gasteiger partial charge in [-0.15, -0.1) is 0 Å². The van der Waals surface area contributed by atoms with Crippen molar-refractivity contribution in [2.24, 2.45) is 0 Å². The molecule has 1 aliphatic rings. The molecular formula is C70H136N4O8S2. The second-order valence-corrected chi connectivity index (χ2v) is 28.0. The molecule has 0 aromatic carbocycles. The van der Waals surface area contributed by atoms with Crippen LogP contribution in [0, 0.1) is 0 Å². The molecule has 496 valence electrons. The molecule has 6 atom stereocenters. The fourth-order valence-corrected chi connectivity index (χ4v) is 13.5. The average molecular weight is 1230 g/mol. The highest BCUT2D eigenvalue weighted by Gasteiger charge is 2.34. The minimum atomic E-state index is -0.825. The van der Waals surface area contributed by atoms with Crippen LogP contribution in [-0.2, 0) is 19.2 Å². The number of carbonyl (C=O) groups excluding carboxylic acids is 4. The van der Waals surface area contributed by atoms with Crippen molar-refractivity contribution in [1.29, 1.82) is 0 Å². The minimum absolute atomic E-state index is 0.0654. The molecule has 1 heterocycles. The summed E-state index contributed by atoms with van der Waals surface area (Å²) >= 11 is 2.41. The molecule has 6 N–H and O–H groups in total. The smallest absolute Gasteiger partial charge is 0.243 e. The molecule has 2 amide bonds. The molecule has 0 bridgehead atoms. The Hall–Kier alpha value is -1.26.